The number of carbonyl (C=O) groups is 3. The van der Waals surface area contributed by atoms with Crippen LogP contribution in [0.25, 0.3) is 0 Å². The van der Waals surface area contributed by atoms with E-state index in [1.165, 1.54) is 0 Å². The molecule has 4 rings (SSSR count). The van der Waals surface area contributed by atoms with Crippen LogP contribution < -0.4 is 0 Å². The predicted molar refractivity (Wildman–Crippen MR) is 145 cm³/mol. The molecule has 43 heavy (non-hydrogen) atoms. The zero-order valence-electron chi connectivity index (χ0n) is 22.6. The number of carboxylic acids is 1. The summed E-state index contributed by atoms with van der Waals surface area (Å²) in [7, 11) is 0. The highest BCUT2D eigenvalue weighted by molar-refractivity contribution is 6.39. The van der Waals surface area contributed by atoms with Gasteiger partial charge in [0.1, 0.15) is 11.6 Å². The Kier molecular flexibility index (Phi) is 9.45. The number of alkyl halides is 3. The van der Waals surface area contributed by atoms with Crippen molar-refractivity contribution in [2.24, 2.45) is 5.41 Å². The Balaban J connectivity index is 1.73. The van der Waals surface area contributed by atoms with Gasteiger partial charge in [-0.15, -0.1) is 0 Å². The Bertz CT molecular complexity index is 1510. The van der Waals surface area contributed by atoms with E-state index in [-0.39, 0.29) is 46.9 Å². The van der Waals surface area contributed by atoms with Crippen LogP contribution in [-0.4, -0.2) is 49.0 Å². The Morgan fingerprint density at radius 2 is 1.63 bits per heavy atom. The average molecular weight is 647 g/mol. The van der Waals surface area contributed by atoms with Gasteiger partial charge in [-0.25, -0.2) is 8.78 Å². The molecule has 2 heterocycles. The van der Waals surface area contributed by atoms with E-state index in [1.807, 2.05) is 0 Å². The van der Waals surface area contributed by atoms with E-state index < -0.39 is 71.3 Å². The molecule has 15 heteroatoms. The van der Waals surface area contributed by atoms with Gasteiger partial charge in [0.15, 0.2) is 11.5 Å². The first-order valence-corrected chi connectivity index (χ1v) is 13.9. The number of benzene rings is 1. The van der Waals surface area contributed by atoms with Crippen LogP contribution in [0.2, 0.25) is 10.0 Å². The molecule has 1 amide bonds. The molecular weight excluding hydrogens is 622 g/mol. The van der Waals surface area contributed by atoms with E-state index in [1.54, 1.807) is 6.92 Å². The van der Waals surface area contributed by atoms with Crippen LogP contribution in [0.15, 0.2) is 36.8 Å². The van der Waals surface area contributed by atoms with E-state index in [2.05, 4.69) is 10.1 Å². The summed E-state index contributed by atoms with van der Waals surface area (Å²) >= 11 is 12.1. The zero-order chi connectivity index (χ0) is 31.7. The number of aromatic nitrogens is 3. The summed E-state index contributed by atoms with van der Waals surface area (Å²) in [6.07, 6.45) is -1.45. The van der Waals surface area contributed by atoms with E-state index >= 15 is 0 Å². The van der Waals surface area contributed by atoms with Gasteiger partial charge in [0.05, 0.1) is 45.4 Å². The lowest BCUT2D eigenvalue weighted by atomic mass is 9.71. The van der Waals surface area contributed by atoms with Gasteiger partial charge in [-0.05, 0) is 49.8 Å². The molecule has 0 bridgehead atoms. The molecule has 3 aromatic rings. The number of carbonyl (C=O) groups excluding carboxylic acids is 2. The van der Waals surface area contributed by atoms with Gasteiger partial charge in [-0.1, -0.05) is 30.1 Å². The van der Waals surface area contributed by atoms with Crippen LogP contribution in [-0.2, 0) is 17.5 Å². The highest BCUT2D eigenvalue weighted by Gasteiger charge is 2.46. The Hall–Kier alpha value is -3.58. The lowest BCUT2D eigenvalue weighted by molar-refractivity contribution is -0.153. The summed E-state index contributed by atoms with van der Waals surface area (Å²) in [5.41, 5.74) is -3.72. The summed E-state index contributed by atoms with van der Waals surface area (Å²) in [5.74, 6) is -5.17. The Labute approximate surface area is 252 Å². The highest BCUT2D eigenvalue weighted by Crippen LogP contribution is 2.45. The maximum Gasteiger partial charge on any atom is 0.433 e. The molecule has 0 atom stereocenters. The third-order valence-corrected chi connectivity index (χ3v) is 8.31. The molecule has 1 saturated carbocycles. The number of hydrogen-bond donors (Lipinski definition) is 1. The molecule has 0 spiro atoms. The van der Waals surface area contributed by atoms with E-state index in [0.717, 1.165) is 30.7 Å². The summed E-state index contributed by atoms with van der Waals surface area (Å²) in [6.45, 7) is 0.194. The molecule has 1 fully saturated rings. The van der Waals surface area contributed by atoms with Crippen LogP contribution >= 0.6 is 23.2 Å². The van der Waals surface area contributed by atoms with Crippen molar-refractivity contribution >= 4 is 40.9 Å². The lowest BCUT2D eigenvalue weighted by Crippen LogP contribution is -2.38. The number of ketones is 1. The molecule has 0 radical (unpaired) electrons. The van der Waals surface area contributed by atoms with Crippen LogP contribution in [0.1, 0.15) is 77.0 Å². The van der Waals surface area contributed by atoms with Crippen LogP contribution in [0.4, 0.5) is 22.0 Å². The molecule has 1 aliphatic rings. The quantitative estimate of drug-likeness (QED) is 0.198. The van der Waals surface area contributed by atoms with Crippen LogP contribution in [0.5, 0.6) is 0 Å². The van der Waals surface area contributed by atoms with Crippen molar-refractivity contribution in [1.82, 2.24) is 19.7 Å². The van der Waals surface area contributed by atoms with Crippen molar-refractivity contribution in [3.63, 3.8) is 0 Å². The number of rotatable bonds is 9. The van der Waals surface area contributed by atoms with Gasteiger partial charge >= 0.3 is 12.1 Å². The maximum atomic E-state index is 14.5. The Morgan fingerprint density at radius 1 is 1.05 bits per heavy atom. The second-order valence-electron chi connectivity index (χ2n) is 10.4. The van der Waals surface area contributed by atoms with Gasteiger partial charge in [0.25, 0.3) is 5.91 Å². The summed E-state index contributed by atoms with van der Waals surface area (Å²) in [6, 6.07) is 1.47. The largest absolute Gasteiger partial charge is 0.481 e. The van der Waals surface area contributed by atoms with E-state index in [0.29, 0.717) is 22.1 Å². The summed E-state index contributed by atoms with van der Waals surface area (Å²) in [4.78, 5) is 43.2. The van der Waals surface area contributed by atoms with Crippen LogP contribution in [0.3, 0.4) is 0 Å². The molecular formula is C28H25Cl2F5N4O4. The number of carboxylic acid groups (broad SMARTS) is 1. The SMILES string of the molecule is CC[C@]1(C(=O)O)CC[C@H](n2ncc(C(=O)N(CC(=O)c3c(Cl)cncc3Cl)Cc3cc(F)cc(F)c3)c2C(F)(F)F)CC1. The second-order valence-corrected chi connectivity index (χ2v) is 11.2. The molecule has 1 aliphatic carbocycles. The minimum absolute atomic E-state index is 0.0718. The number of aliphatic carboxylic acids is 1. The van der Waals surface area contributed by atoms with E-state index in [9.17, 15) is 41.4 Å². The van der Waals surface area contributed by atoms with Crippen molar-refractivity contribution in [1.29, 1.82) is 0 Å². The van der Waals surface area contributed by atoms with Gasteiger partial charge in [0.2, 0.25) is 0 Å². The molecule has 1 aromatic carbocycles. The monoisotopic (exact) mass is 646 g/mol. The molecule has 0 aliphatic heterocycles. The third kappa shape index (κ3) is 6.82. The average Bonchev–Trinajstić information content (AvgIpc) is 3.38. The predicted octanol–water partition coefficient (Wildman–Crippen LogP) is 7.00. The van der Waals surface area contributed by atoms with Crippen molar-refractivity contribution in [3.05, 3.63) is 80.9 Å². The summed E-state index contributed by atoms with van der Waals surface area (Å²) < 4.78 is 72.1. The first kappa shape index (κ1) is 32.3. The molecule has 8 nitrogen and oxygen atoms in total. The standard InChI is InChI=1S/C28H25Cl2F5N4O4/c1-2-27(26(42)43)5-3-18(4-6-27)39-24(28(33,34)35)19(10-37-39)25(41)38(13-15-7-16(31)9-17(32)8-15)14-22(40)23-20(29)11-36-12-21(23)30/h7-12,18H,2-6,13-14H2,1H3,(H,42,43)/t18-,27-. The molecule has 2 aromatic heterocycles. The number of nitrogens with zero attached hydrogens (tertiary/aromatic N) is 4. The number of hydrogen-bond acceptors (Lipinski definition) is 5. The van der Waals surface area contributed by atoms with Crippen molar-refractivity contribution in [3.8, 4) is 0 Å². The Morgan fingerprint density at radius 3 is 2.14 bits per heavy atom. The minimum atomic E-state index is -5.08. The van der Waals surface area contributed by atoms with Gasteiger partial charge in [-0.2, -0.15) is 18.3 Å². The first-order valence-electron chi connectivity index (χ1n) is 13.1. The fourth-order valence-corrected chi connectivity index (χ4v) is 5.99. The molecule has 1 N–H and O–H groups in total. The van der Waals surface area contributed by atoms with Crippen molar-refractivity contribution in [2.75, 3.05) is 6.54 Å². The minimum Gasteiger partial charge on any atom is -0.481 e. The summed E-state index contributed by atoms with van der Waals surface area (Å²) in [5, 5.41) is 13.2. The second kappa shape index (κ2) is 12.6. The molecule has 230 valence electrons. The van der Waals surface area contributed by atoms with Crippen molar-refractivity contribution < 1.29 is 41.4 Å². The number of halogens is 7. The number of pyridine rings is 1. The normalized spacial score (nSPS) is 18.8. The lowest BCUT2D eigenvalue weighted by Gasteiger charge is -2.36. The van der Waals surface area contributed by atoms with E-state index in [4.69, 9.17) is 23.2 Å². The first-order chi connectivity index (χ1) is 20.2. The smallest absolute Gasteiger partial charge is 0.433 e. The number of amides is 1. The topological polar surface area (TPSA) is 105 Å². The van der Waals surface area contributed by atoms with Gasteiger partial charge in [0, 0.05) is 25.0 Å². The van der Waals surface area contributed by atoms with Crippen molar-refractivity contribution in [2.45, 2.75) is 57.8 Å². The fourth-order valence-electron chi connectivity index (χ4n) is 5.42. The zero-order valence-corrected chi connectivity index (χ0v) is 24.1. The van der Waals surface area contributed by atoms with Crippen LogP contribution in [0, 0.1) is 17.0 Å². The maximum absolute atomic E-state index is 14.5. The highest BCUT2D eigenvalue weighted by atomic mass is 35.5. The molecule has 0 unspecified atom stereocenters. The van der Waals surface area contributed by atoms with Gasteiger partial charge in [-0.3, -0.25) is 24.0 Å². The number of Topliss-reactive ketones (excluding diaryl/α,β-unsaturated/α-hetero) is 1. The fraction of sp³-hybridized carbons (Fsp3) is 0.393. The third-order valence-electron chi connectivity index (χ3n) is 7.73. The van der Waals surface area contributed by atoms with Gasteiger partial charge < -0.3 is 10.0 Å². The molecule has 0 saturated heterocycles.